The minimum absolute atomic E-state index is 0.00151. The number of benzene rings is 5. The number of ketones is 2. The van der Waals surface area contributed by atoms with Gasteiger partial charge in [-0.15, -0.1) is 0 Å². The molecule has 5 atom stereocenters. The van der Waals surface area contributed by atoms with Crippen molar-refractivity contribution in [1.82, 2.24) is 25.4 Å². The zero-order chi connectivity index (χ0) is 53.1. The van der Waals surface area contributed by atoms with Gasteiger partial charge in [-0.05, 0) is 140 Å². The Labute approximate surface area is 432 Å². The van der Waals surface area contributed by atoms with E-state index in [1.807, 2.05) is 112 Å². The number of aromatic nitrogens is 1. The van der Waals surface area contributed by atoms with E-state index in [4.69, 9.17) is 0 Å². The lowest BCUT2D eigenvalue weighted by Gasteiger charge is -2.37. The highest BCUT2D eigenvalue weighted by Gasteiger charge is 2.37. The predicted octanol–water partition coefficient (Wildman–Crippen LogP) is 11.3. The zero-order valence-corrected chi connectivity index (χ0v) is 43.0. The van der Waals surface area contributed by atoms with Gasteiger partial charge >= 0.3 is 0 Å². The Morgan fingerprint density at radius 1 is 0.595 bits per heavy atom. The molecule has 5 aromatic carbocycles. The molecule has 13 heteroatoms. The first-order valence-corrected chi connectivity index (χ1v) is 25.3. The van der Waals surface area contributed by atoms with Crippen LogP contribution in [0.3, 0.4) is 0 Å². The van der Waals surface area contributed by atoms with E-state index in [1.165, 1.54) is 24.8 Å². The van der Waals surface area contributed by atoms with Crippen LogP contribution in [0.2, 0.25) is 0 Å². The lowest BCUT2D eigenvalue weighted by molar-refractivity contribution is -0.144. The van der Waals surface area contributed by atoms with Crippen LogP contribution < -0.4 is 10.6 Å². The van der Waals surface area contributed by atoms with Crippen molar-refractivity contribution in [2.75, 3.05) is 13.1 Å². The molecule has 2 unspecified atom stereocenters. The number of pyridine rings is 1. The van der Waals surface area contributed by atoms with Crippen LogP contribution in [0.1, 0.15) is 129 Å². The first-order chi connectivity index (χ1) is 35.5. The van der Waals surface area contributed by atoms with Gasteiger partial charge in [-0.1, -0.05) is 104 Å². The third-order valence-electron chi connectivity index (χ3n) is 13.8. The average Bonchev–Trinajstić information content (AvgIpc) is 3.37. The maximum absolute atomic E-state index is 14.3. The fourth-order valence-corrected chi connectivity index (χ4v) is 10.1. The molecule has 2 fully saturated rings. The molecular weight excluding hydrogens is 937 g/mol. The van der Waals surface area contributed by atoms with Crippen molar-refractivity contribution in [3.8, 4) is 22.3 Å². The van der Waals surface area contributed by atoms with Gasteiger partial charge in [0.1, 0.15) is 23.7 Å². The summed E-state index contributed by atoms with van der Waals surface area (Å²) < 4.78 is 28.0. The topological polar surface area (TPSA) is 146 Å². The second kappa shape index (κ2) is 24.8. The van der Waals surface area contributed by atoms with Gasteiger partial charge in [0, 0.05) is 56.7 Å². The Morgan fingerprint density at radius 2 is 1.18 bits per heavy atom. The molecule has 4 amide bonds. The molecule has 3 heterocycles. The lowest BCUT2D eigenvalue weighted by atomic mass is 9.93. The third kappa shape index (κ3) is 13.5. The molecule has 2 saturated heterocycles. The highest BCUT2D eigenvalue weighted by Crippen LogP contribution is 2.34. The van der Waals surface area contributed by atoms with Crippen LogP contribution in [-0.2, 0) is 28.8 Å². The summed E-state index contributed by atoms with van der Waals surface area (Å²) in [5.74, 6) is -3.26. The van der Waals surface area contributed by atoms with Crippen molar-refractivity contribution in [3.05, 3.63) is 184 Å². The first-order valence-electron chi connectivity index (χ1n) is 25.3. The molecule has 2 N–H and O–H groups in total. The van der Waals surface area contributed by atoms with Crippen molar-refractivity contribution in [2.45, 2.75) is 111 Å². The van der Waals surface area contributed by atoms with Crippen LogP contribution in [0.5, 0.6) is 0 Å². The summed E-state index contributed by atoms with van der Waals surface area (Å²) in [7, 11) is 0. The molecule has 384 valence electrons. The smallest absolute Gasteiger partial charge is 0.247 e. The van der Waals surface area contributed by atoms with Crippen molar-refractivity contribution < 1.29 is 37.5 Å². The third-order valence-corrected chi connectivity index (χ3v) is 13.8. The molecule has 74 heavy (non-hydrogen) atoms. The summed E-state index contributed by atoms with van der Waals surface area (Å²) in [6.07, 6.45) is 6.63. The van der Waals surface area contributed by atoms with E-state index in [1.54, 1.807) is 17.3 Å². The van der Waals surface area contributed by atoms with Crippen molar-refractivity contribution in [2.24, 2.45) is 5.92 Å². The summed E-state index contributed by atoms with van der Waals surface area (Å²) in [5, 5.41) is 6.05. The minimum Gasteiger partial charge on any atom is -0.347 e. The van der Waals surface area contributed by atoms with Gasteiger partial charge in [0.05, 0.1) is 12.1 Å². The maximum Gasteiger partial charge on any atom is 0.247 e. The number of Topliss-reactive ketones (excluding diaryl/α,β-unsaturated/α-hetero) is 2. The average molecular weight is 1000 g/mol. The monoisotopic (exact) mass is 1000 g/mol. The second-order valence-corrected chi connectivity index (χ2v) is 19.8. The SMILES string of the molecule is CC(=O)C[C@H](NC(=O)C(c1ccccc1)N1CCCCC1=O)c1cccc(-c2ccccc2C)c1.CC(=O)C[C@H](NC(=O)[C@H](c1ccc(F)c(F)c1)N1CC(C)CCC1=O)c1cncc(-c2c(C)cccc2C)c1. The van der Waals surface area contributed by atoms with Gasteiger partial charge in [-0.25, -0.2) is 8.78 Å². The normalized spacial score (nSPS) is 16.2. The molecule has 0 aliphatic carbocycles. The Hall–Kier alpha value is -7.67. The van der Waals surface area contributed by atoms with E-state index in [0.29, 0.717) is 31.5 Å². The Balaban J connectivity index is 0.000000217. The predicted molar refractivity (Wildman–Crippen MR) is 282 cm³/mol. The largest absolute Gasteiger partial charge is 0.347 e. The highest BCUT2D eigenvalue weighted by atomic mass is 19.2. The van der Waals surface area contributed by atoms with Crippen LogP contribution in [0.15, 0.2) is 134 Å². The Kier molecular flexibility index (Phi) is 18.2. The summed E-state index contributed by atoms with van der Waals surface area (Å²) in [6.45, 7) is 11.9. The van der Waals surface area contributed by atoms with Crippen LogP contribution in [0.4, 0.5) is 8.78 Å². The molecule has 2 aliphatic rings. The van der Waals surface area contributed by atoms with Gasteiger partial charge in [-0.3, -0.25) is 33.8 Å². The van der Waals surface area contributed by atoms with E-state index in [-0.39, 0.29) is 60.0 Å². The van der Waals surface area contributed by atoms with E-state index in [9.17, 15) is 37.5 Å². The molecule has 1 aromatic heterocycles. The number of amides is 4. The van der Waals surface area contributed by atoms with E-state index in [2.05, 4.69) is 34.7 Å². The number of aryl methyl sites for hydroxylation is 3. The van der Waals surface area contributed by atoms with Gasteiger partial charge < -0.3 is 20.4 Å². The highest BCUT2D eigenvalue weighted by molar-refractivity contribution is 5.91. The summed E-state index contributed by atoms with van der Waals surface area (Å²) in [5.41, 5.74) is 9.74. The maximum atomic E-state index is 14.3. The molecule has 0 spiro atoms. The Bertz CT molecular complexity index is 3000. The summed E-state index contributed by atoms with van der Waals surface area (Å²) >= 11 is 0. The van der Waals surface area contributed by atoms with Crippen molar-refractivity contribution in [3.63, 3.8) is 0 Å². The molecule has 11 nitrogen and oxygen atoms in total. The van der Waals surface area contributed by atoms with Crippen molar-refractivity contribution in [1.29, 1.82) is 0 Å². The van der Waals surface area contributed by atoms with Gasteiger partial charge in [0.25, 0.3) is 0 Å². The molecule has 6 aromatic rings. The zero-order valence-electron chi connectivity index (χ0n) is 43.0. The fourth-order valence-electron chi connectivity index (χ4n) is 10.1. The number of carbonyl (C=O) groups excluding carboxylic acids is 6. The van der Waals surface area contributed by atoms with Crippen LogP contribution in [0, 0.1) is 38.3 Å². The molecule has 0 bridgehead atoms. The molecular formula is C61H65F2N5O6. The van der Waals surface area contributed by atoms with Gasteiger partial charge in [0.2, 0.25) is 23.6 Å². The van der Waals surface area contributed by atoms with Crippen LogP contribution in [0.25, 0.3) is 22.3 Å². The van der Waals surface area contributed by atoms with Gasteiger partial charge in [-0.2, -0.15) is 0 Å². The summed E-state index contributed by atoms with van der Waals surface area (Å²) in [4.78, 5) is 85.3. The number of nitrogens with one attached hydrogen (secondary N) is 2. The number of carbonyl (C=O) groups is 6. The number of hydrogen-bond acceptors (Lipinski definition) is 7. The second-order valence-electron chi connectivity index (χ2n) is 19.8. The standard InChI is InChI=1S/C31H33F2N3O3.C30H32N2O3/c1-18-8-11-28(38)36(17-18)30(22-9-10-25(32)26(33)14-22)31(39)35-27(12-21(4)37)23-13-24(16-34-15-23)29-19(2)6-5-7-20(29)3;1-21-11-6-7-16-26(21)24-14-10-15-25(20-24)27(19-22(2)33)31-30(35)29(23-12-4-3-5-13-23)32-18-9-8-17-28(32)34/h5-7,9-10,13-16,18,27,30H,8,11-12,17H2,1-4H3,(H,35,39);3-7,10-16,20,27,29H,8-9,17-19H2,1-2H3,(H,31,35)/t18?,27-,30-;27-,29?/m00/s1. The molecule has 2 aliphatic heterocycles. The van der Waals surface area contributed by atoms with Crippen LogP contribution >= 0.6 is 0 Å². The van der Waals surface area contributed by atoms with Crippen LogP contribution in [-0.4, -0.2) is 63.1 Å². The number of nitrogens with zero attached hydrogens (tertiary/aromatic N) is 3. The number of hydrogen-bond donors (Lipinski definition) is 2. The minimum atomic E-state index is -1.18. The van der Waals surface area contributed by atoms with E-state index >= 15 is 0 Å². The molecule has 0 radical (unpaired) electrons. The molecule has 8 rings (SSSR count). The van der Waals surface area contributed by atoms with Gasteiger partial charge in [0.15, 0.2) is 11.6 Å². The Morgan fingerprint density at radius 3 is 1.82 bits per heavy atom. The van der Waals surface area contributed by atoms with E-state index < -0.39 is 41.7 Å². The lowest BCUT2D eigenvalue weighted by Crippen LogP contribution is -2.48. The number of likely N-dealkylation sites (tertiary alicyclic amines) is 2. The first kappa shape index (κ1) is 54.1. The van der Waals surface area contributed by atoms with Crippen molar-refractivity contribution >= 4 is 35.2 Å². The molecule has 0 saturated carbocycles. The number of halogens is 2. The summed E-state index contributed by atoms with van der Waals surface area (Å²) in [6, 6.07) is 33.5. The number of rotatable bonds is 16. The quantitative estimate of drug-likeness (QED) is 0.0981. The van der Waals surface area contributed by atoms with E-state index in [0.717, 1.165) is 75.0 Å². The number of piperidine rings is 2. The fraction of sp³-hybridized carbons (Fsp3) is 0.328.